The van der Waals surface area contributed by atoms with Gasteiger partial charge in [0, 0.05) is 0 Å². The zero-order valence-electron chi connectivity index (χ0n) is 31.5. The van der Waals surface area contributed by atoms with E-state index < -0.39 is 67.1 Å². The van der Waals surface area contributed by atoms with Crippen LogP contribution < -0.4 is 4.74 Å². The molecule has 0 aromatic heterocycles. The van der Waals surface area contributed by atoms with Crippen LogP contribution in [0.25, 0.3) is 0 Å². The third-order valence-electron chi connectivity index (χ3n) is 9.66. The Morgan fingerprint density at radius 1 is 0.517 bits per heavy atom. The summed E-state index contributed by atoms with van der Waals surface area (Å²) in [4.78, 5) is 35.5. The summed E-state index contributed by atoms with van der Waals surface area (Å²) in [6.45, 7) is 0. The van der Waals surface area contributed by atoms with E-state index in [1.54, 1.807) is 12.1 Å². The monoisotopic (exact) mass is 1220 g/mol. The first-order valence-electron chi connectivity index (χ1n) is 18.8. The van der Waals surface area contributed by atoms with Crippen LogP contribution in [0.4, 0.5) is 13.2 Å². The molecule has 1 fully saturated rings. The topological polar surface area (TPSA) is 88.1 Å². The quantitative estimate of drug-likeness (QED) is 0.159. The second-order valence-corrected chi connectivity index (χ2v) is 27.3. The van der Waals surface area contributed by atoms with E-state index in [2.05, 4.69) is 51.0 Å². The molecule has 0 unspecified atom stereocenters. The van der Waals surface area contributed by atoms with Crippen LogP contribution in [0.5, 0.6) is 5.75 Å². The molecule has 0 bridgehead atoms. The minimum atomic E-state index is -4.72. The molecule has 10 rings (SSSR count). The van der Waals surface area contributed by atoms with Crippen LogP contribution in [-0.2, 0) is 9.20 Å². The van der Waals surface area contributed by atoms with Crippen molar-refractivity contribution in [3.05, 3.63) is 194 Å². The third-order valence-corrected chi connectivity index (χ3v) is 24.2. The van der Waals surface area contributed by atoms with E-state index >= 15 is 0 Å². The second kappa shape index (κ2) is 18.9. The average Bonchev–Trinajstić information content (AvgIpc) is 3.91. The molecule has 0 spiro atoms. The summed E-state index contributed by atoms with van der Waals surface area (Å²) < 4.78 is 64.0. The van der Waals surface area contributed by atoms with Crippen molar-refractivity contribution in [2.24, 2.45) is 0 Å². The molecule has 1 saturated carbocycles. The predicted octanol–water partition coefficient (Wildman–Crippen LogP) is 13.7. The van der Waals surface area contributed by atoms with Crippen LogP contribution >= 0.6 is 76.6 Å². The summed E-state index contributed by atoms with van der Waals surface area (Å²) in [5.74, 6) is -0.254. The molecule has 0 atom stereocenters. The zero-order chi connectivity index (χ0) is 41.8. The summed E-state index contributed by atoms with van der Waals surface area (Å²) in [5, 5.41) is 0. The Hall–Kier alpha value is -4.01. The van der Waals surface area contributed by atoms with Crippen LogP contribution in [0.3, 0.4) is 0 Å². The number of benzene rings is 6. The van der Waals surface area contributed by atoms with Crippen molar-refractivity contribution in [1.29, 1.82) is 0 Å². The van der Waals surface area contributed by atoms with Crippen molar-refractivity contribution in [1.82, 2.24) is 0 Å². The Labute approximate surface area is 376 Å². The van der Waals surface area contributed by atoms with Gasteiger partial charge in [0.1, 0.15) is 0 Å². The molecule has 0 saturated heterocycles. The molecule has 60 heavy (non-hydrogen) atoms. The van der Waals surface area contributed by atoms with Crippen LogP contribution in [0.1, 0.15) is 74.7 Å². The van der Waals surface area contributed by atoms with Crippen molar-refractivity contribution in [3.63, 3.8) is 0 Å². The number of hydrogen-bond donors (Lipinski definition) is 0. The van der Waals surface area contributed by atoms with E-state index in [0.717, 1.165) is 39.4 Å². The maximum atomic E-state index is 12.1. The molecule has 6 aromatic rings. The van der Waals surface area contributed by atoms with Gasteiger partial charge in [0.2, 0.25) is 0 Å². The van der Waals surface area contributed by atoms with E-state index in [4.69, 9.17) is 9.20 Å². The Balaban J connectivity index is 0.000000126. The molecule has 4 aliphatic rings. The van der Waals surface area contributed by atoms with Gasteiger partial charge in [0.15, 0.2) is 0 Å². The number of carbonyl (C=O) groups excluding carboxylic acids is 3. The van der Waals surface area contributed by atoms with Gasteiger partial charge in [-0.05, 0) is 0 Å². The first kappa shape index (κ1) is 42.7. The van der Waals surface area contributed by atoms with Crippen molar-refractivity contribution >= 4 is 94.5 Å². The van der Waals surface area contributed by atoms with Gasteiger partial charge in [0.05, 0.1) is 0 Å². The molecule has 0 N–H and O–H groups in total. The number of halogens is 7. The van der Waals surface area contributed by atoms with Crippen LogP contribution in [0, 0.1) is 21.4 Å². The van der Waals surface area contributed by atoms with E-state index in [9.17, 15) is 27.6 Å². The number of fused-ring (bicyclic) bond motifs is 3. The van der Waals surface area contributed by atoms with Crippen LogP contribution in [0.15, 0.2) is 150 Å². The first-order valence-corrected chi connectivity index (χ1v) is 28.7. The van der Waals surface area contributed by atoms with E-state index in [0.29, 0.717) is 5.56 Å². The Morgan fingerprint density at radius 2 is 0.967 bits per heavy atom. The molecule has 0 radical (unpaired) electrons. The molecule has 0 amide bonds. The van der Waals surface area contributed by atoms with Gasteiger partial charge < -0.3 is 0 Å². The Bertz CT molecular complexity index is 2520. The molecule has 6 aromatic carbocycles. The van der Waals surface area contributed by atoms with Crippen molar-refractivity contribution in [2.45, 2.75) is 44.4 Å². The first-order chi connectivity index (χ1) is 29.0. The van der Waals surface area contributed by atoms with Crippen LogP contribution in [-0.4, -0.2) is 24.3 Å². The molecule has 3 aliphatic heterocycles. The number of alkyl halides is 3. The maximum absolute atomic E-state index is 12.1. The van der Waals surface area contributed by atoms with Gasteiger partial charge >= 0.3 is 380 Å². The number of rotatable bonds is 5. The molecule has 14 heteroatoms. The summed E-state index contributed by atoms with van der Waals surface area (Å²) in [6.07, 6.45) is 2.02. The standard InChI is InChI=1S/C19H19IO2.C14H8F3IO3.C13H8BrIO2/c21-19-17-8-4-5-9-18(17)20(22-19)16-12-10-15(11-13-16)14-6-2-1-3-7-14;15-14(16,17)20-10-7-5-9(6-8-10)18-12-4-2-1-3-11(12)13(19)21-18;14-9-6-7-11-12(8-9)15(17-13(11)16)10-4-2-1-3-5-10/h4-5,8-14H,1-3,6-7H2;1-8H;1-8H. The van der Waals surface area contributed by atoms with Gasteiger partial charge in [-0.2, -0.15) is 0 Å². The Kier molecular flexibility index (Phi) is 13.5. The normalized spacial score (nSPS) is 17.1. The van der Waals surface area contributed by atoms with Gasteiger partial charge in [-0.3, -0.25) is 0 Å². The number of carbonyl (C=O) groups is 3. The van der Waals surface area contributed by atoms with Crippen LogP contribution in [0.2, 0.25) is 0 Å². The van der Waals surface area contributed by atoms with Gasteiger partial charge in [-0.15, -0.1) is 0 Å². The fourth-order valence-electron chi connectivity index (χ4n) is 6.86. The van der Waals surface area contributed by atoms with E-state index in [1.165, 1.54) is 65.5 Å². The Morgan fingerprint density at radius 3 is 1.50 bits per heavy atom. The zero-order valence-corrected chi connectivity index (χ0v) is 39.5. The van der Waals surface area contributed by atoms with E-state index in [1.807, 2.05) is 78.9 Å². The van der Waals surface area contributed by atoms with Gasteiger partial charge in [0.25, 0.3) is 0 Å². The predicted molar refractivity (Wildman–Crippen MR) is 249 cm³/mol. The number of ether oxygens (including phenoxy) is 1. The molecular weight excluding hydrogens is 1180 g/mol. The summed E-state index contributed by atoms with van der Waals surface area (Å²) in [5.41, 5.74) is 3.49. The van der Waals surface area contributed by atoms with Crippen molar-refractivity contribution in [3.8, 4) is 5.75 Å². The van der Waals surface area contributed by atoms with Gasteiger partial charge in [-0.1, -0.05) is 0 Å². The summed E-state index contributed by atoms with van der Waals surface area (Å²) in [6, 6.07) is 45.1. The summed E-state index contributed by atoms with van der Waals surface area (Å²) in [7, 11) is 0. The fourth-order valence-corrected chi connectivity index (χ4v) is 20.6. The molecule has 3 heterocycles. The fraction of sp³-hybridized carbons (Fsp3) is 0.152. The molecule has 7 nitrogen and oxygen atoms in total. The SMILES string of the molecule is O=C1OI(c2ccc(C3CCCCC3)cc2)c2ccccc21.O=C1OI(c2ccc(OC(F)(F)F)cc2)c2ccccc21.O=C1OI(c2ccccc2)c2cc(Br)ccc21. The average molecular weight is 1220 g/mol. The van der Waals surface area contributed by atoms with E-state index in [-0.39, 0.29) is 23.7 Å². The number of hydrogen-bond acceptors (Lipinski definition) is 7. The molecule has 310 valence electrons. The summed E-state index contributed by atoms with van der Waals surface area (Å²) >= 11 is -2.91. The molecule has 1 aliphatic carbocycles. The van der Waals surface area contributed by atoms with Gasteiger partial charge in [-0.25, -0.2) is 0 Å². The molecular formula is C46H35BrF3I3O7. The second-order valence-electron chi connectivity index (χ2n) is 13.6. The van der Waals surface area contributed by atoms with Crippen molar-refractivity contribution < 1.29 is 41.5 Å². The minimum absolute atomic E-state index is 0.142. The van der Waals surface area contributed by atoms with Crippen molar-refractivity contribution in [2.75, 3.05) is 0 Å². The third kappa shape index (κ3) is 9.86.